The van der Waals surface area contributed by atoms with Crippen LogP contribution in [0.2, 0.25) is 0 Å². The molecule has 0 unspecified atom stereocenters. The van der Waals surface area contributed by atoms with Gasteiger partial charge < -0.3 is 10.1 Å². The fourth-order valence-corrected chi connectivity index (χ4v) is 4.68. The van der Waals surface area contributed by atoms with E-state index in [9.17, 15) is 19.7 Å². The van der Waals surface area contributed by atoms with Gasteiger partial charge >= 0.3 is 5.97 Å². The average molecular weight is 345 g/mol. The molecule has 3 aliphatic rings. The monoisotopic (exact) mass is 345 g/mol. The number of esters is 1. The fraction of sp³-hybridized carbons (Fsp3) is 0.529. The van der Waals surface area contributed by atoms with Crippen molar-refractivity contribution in [2.75, 3.05) is 18.5 Å². The Hall–Kier alpha value is -2.48. The van der Waals surface area contributed by atoms with Gasteiger partial charge in [-0.15, -0.1) is 0 Å². The summed E-state index contributed by atoms with van der Waals surface area (Å²) in [6.07, 6.45) is 2.01. The van der Waals surface area contributed by atoms with Crippen LogP contribution in [0.4, 0.5) is 11.4 Å². The lowest BCUT2D eigenvalue weighted by Gasteiger charge is -2.32. The summed E-state index contributed by atoms with van der Waals surface area (Å²) < 4.78 is 5.22. The van der Waals surface area contributed by atoms with Crippen molar-refractivity contribution in [1.29, 1.82) is 0 Å². The smallest absolute Gasteiger partial charge is 0.310 e. The number of hydrogen-bond donors (Lipinski definition) is 1. The number of nitrogens with zero attached hydrogens (tertiary/aromatic N) is 2. The molecule has 132 valence electrons. The maximum Gasteiger partial charge on any atom is 0.310 e. The second-order valence-electron chi connectivity index (χ2n) is 6.77. The number of anilines is 1. The highest BCUT2D eigenvalue weighted by atomic mass is 16.6. The molecule has 0 bridgehead atoms. The van der Waals surface area contributed by atoms with Crippen LogP contribution in [0.15, 0.2) is 18.2 Å². The molecule has 1 spiro atoms. The van der Waals surface area contributed by atoms with Crippen LogP contribution < -0.4 is 5.32 Å². The molecule has 0 aliphatic carbocycles. The van der Waals surface area contributed by atoms with Gasteiger partial charge in [-0.2, -0.15) is 0 Å². The highest BCUT2D eigenvalue weighted by Crippen LogP contribution is 2.55. The quantitative estimate of drug-likeness (QED) is 0.509. The van der Waals surface area contributed by atoms with E-state index in [0.717, 1.165) is 12.8 Å². The van der Waals surface area contributed by atoms with E-state index in [4.69, 9.17) is 4.74 Å². The number of benzene rings is 1. The first-order chi connectivity index (χ1) is 12.0. The van der Waals surface area contributed by atoms with Gasteiger partial charge in [-0.05, 0) is 38.8 Å². The summed E-state index contributed by atoms with van der Waals surface area (Å²) in [5.41, 5.74) is 0.126. The van der Waals surface area contributed by atoms with Crippen molar-refractivity contribution >= 4 is 23.3 Å². The van der Waals surface area contributed by atoms with Crippen molar-refractivity contribution in [1.82, 2.24) is 4.90 Å². The second kappa shape index (κ2) is 5.52. The van der Waals surface area contributed by atoms with Gasteiger partial charge in [0.25, 0.3) is 5.69 Å². The number of carbonyl (C=O) groups excluding carboxylic acids is 2. The second-order valence-corrected chi connectivity index (χ2v) is 6.77. The minimum Gasteiger partial charge on any atom is -0.466 e. The van der Waals surface area contributed by atoms with Gasteiger partial charge in [-0.25, -0.2) is 0 Å². The summed E-state index contributed by atoms with van der Waals surface area (Å²) >= 11 is 0. The number of non-ortho nitro benzene ring substituents is 1. The third-order valence-corrected chi connectivity index (χ3v) is 5.64. The van der Waals surface area contributed by atoms with E-state index < -0.39 is 16.4 Å². The zero-order chi connectivity index (χ0) is 17.8. The predicted molar refractivity (Wildman–Crippen MR) is 87.9 cm³/mol. The first kappa shape index (κ1) is 16.0. The molecule has 1 aromatic carbocycles. The number of amides is 1. The van der Waals surface area contributed by atoms with Crippen LogP contribution in [0.25, 0.3) is 0 Å². The van der Waals surface area contributed by atoms with Crippen molar-refractivity contribution in [3.05, 3.63) is 33.9 Å². The third-order valence-electron chi connectivity index (χ3n) is 5.64. The van der Waals surface area contributed by atoms with Gasteiger partial charge in [0.05, 0.1) is 17.4 Å². The van der Waals surface area contributed by atoms with Crippen LogP contribution in [-0.4, -0.2) is 40.9 Å². The van der Waals surface area contributed by atoms with Crippen molar-refractivity contribution in [2.24, 2.45) is 5.92 Å². The summed E-state index contributed by atoms with van der Waals surface area (Å²) in [7, 11) is 0. The average Bonchev–Trinajstić information content (AvgIpc) is 3.23. The Morgan fingerprint density at radius 2 is 2.32 bits per heavy atom. The Balaban J connectivity index is 1.82. The summed E-state index contributed by atoms with van der Waals surface area (Å²) in [5.74, 6) is -0.886. The number of fused-ring (bicyclic) bond motifs is 4. The van der Waals surface area contributed by atoms with Crippen LogP contribution in [0.3, 0.4) is 0 Å². The Kier molecular flexibility index (Phi) is 3.54. The molecule has 2 fully saturated rings. The van der Waals surface area contributed by atoms with Crippen molar-refractivity contribution < 1.29 is 19.2 Å². The lowest BCUT2D eigenvalue weighted by atomic mass is 9.84. The van der Waals surface area contributed by atoms with Crippen LogP contribution in [0.1, 0.15) is 31.7 Å². The molecule has 0 radical (unpaired) electrons. The van der Waals surface area contributed by atoms with Gasteiger partial charge in [0.1, 0.15) is 5.54 Å². The Labute approximate surface area is 144 Å². The predicted octanol–water partition coefficient (Wildman–Crippen LogP) is 1.79. The molecule has 3 atom stereocenters. The number of rotatable bonds is 3. The molecule has 2 saturated heterocycles. The largest absolute Gasteiger partial charge is 0.466 e. The highest BCUT2D eigenvalue weighted by Gasteiger charge is 2.63. The fourth-order valence-electron chi connectivity index (χ4n) is 4.68. The molecule has 0 saturated carbocycles. The lowest BCUT2D eigenvalue weighted by Crippen LogP contribution is -2.47. The van der Waals surface area contributed by atoms with E-state index in [-0.39, 0.29) is 23.6 Å². The molecule has 8 nitrogen and oxygen atoms in total. The molecular weight excluding hydrogens is 326 g/mol. The number of nitrogens with one attached hydrogen (secondary N) is 1. The first-order valence-corrected chi connectivity index (χ1v) is 8.53. The molecular formula is C17H19N3O5. The summed E-state index contributed by atoms with van der Waals surface area (Å²) in [6, 6.07) is 4.37. The lowest BCUT2D eigenvalue weighted by molar-refractivity contribution is -0.384. The summed E-state index contributed by atoms with van der Waals surface area (Å²) in [5, 5.41) is 14.0. The first-order valence-electron chi connectivity index (χ1n) is 8.53. The van der Waals surface area contributed by atoms with E-state index in [1.54, 1.807) is 13.0 Å². The maximum absolute atomic E-state index is 12.9. The molecule has 3 aliphatic heterocycles. The van der Waals surface area contributed by atoms with Crippen LogP contribution in [0, 0.1) is 16.0 Å². The molecule has 25 heavy (non-hydrogen) atoms. The Bertz CT molecular complexity index is 780. The molecule has 0 aromatic heterocycles. The molecule has 1 amide bonds. The van der Waals surface area contributed by atoms with Crippen LogP contribution in [-0.2, 0) is 19.9 Å². The molecule has 1 aromatic rings. The van der Waals surface area contributed by atoms with Crippen molar-refractivity contribution in [2.45, 2.75) is 37.8 Å². The molecule has 3 heterocycles. The maximum atomic E-state index is 12.9. The number of nitro groups is 1. The molecule has 1 N–H and O–H groups in total. The summed E-state index contributed by atoms with van der Waals surface area (Å²) in [6.45, 7) is 2.75. The highest BCUT2D eigenvalue weighted by molar-refractivity contribution is 6.07. The van der Waals surface area contributed by atoms with E-state index in [0.29, 0.717) is 30.8 Å². The molecule has 4 rings (SSSR count). The normalized spacial score (nSPS) is 30.2. The SMILES string of the molecule is CCOC(=O)[C@H]1C[C@@]2(C(=O)Nc3ccc([N+](=O)[O-])cc32)N2CCC[C@H]12. The Morgan fingerprint density at radius 1 is 1.52 bits per heavy atom. The minimum atomic E-state index is -1.01. The van der Waals surface area contributed by atoms with Crippen molar-refractivity contribution in [3.63, 3.8) is 0 Å². The van der Waals surface area contributed by atoms with Gasteiger partial charge in [0.15, 0.2) is 0 Å². The van der Waals surface area contributed by atoms with Crippen LogP contribution in [0.5, 0.6) is 0 Å². The van der Waals surface area contributed by atoms with Gasteiger partial charge in [0.2, 0.25) is 5.91 Å². The number of carbonyl (C=O) groups is 2. The number of hydrogen-bond acceptors (Lipinski definition) is 6. The topological polar surface area (TPSA) is 102 Å². The van der Waals surface area contributed by atoms with Gasteiger partial charge in [0, 0.05) is 29.4 Å². The zero-order valence-electron chi connectivity index (χ0n) is 13.9. The number of ether oxygens (including phenoxy) is 1. The zero-order valence-corrected chi connectivity index (χ0v) is 13.9. The van der Waals surface area contributed by atoms with E-state index in [1.807, 2.05) is 0 Å². The van der Waals surface area contributed by atoms with E-state index >= 15 is 0 Å². The van der Waals surface area contributed by atoms with E-state index in [1.165, 1.54) is 12.1 Å². The van der Waals surface area contributed by atoms with E-state index in [2.05, 4.69) is 10.2 Å². The summed E-state index contributed by atoms with van der Waals surface area (Å²) in [4.78, 5) is 38.1. The number of nitro benzene ring substituents is 1. The van der Waals surface area contributed by atoms with Crippen molar-refractivity contribution in [3.8, 4) is 0 Å². The van der Waals surface area contributed by atoms with Crippen LogP contribution >= 0.6 is 0 Å². The standard InChI is InChI=1S/C17H19N3O5/c1-2-25-15(21)11-9-17(19-7-3-4-14(11)19)12-8-10(20(23)24)5-6-13(12)18-16(17)22/h5-6,8,11,14H,2-4,7,9H2,1H3,(H,18,22)/t11-,14+,17+/m0/s1. The third kappa shape index (κ3) is 2.10. The molecule has 8 heteroatoms. The van der Waals surface area contributed by atoms with Gasteiger partial charge in [-0.1, -0.05) is 0 Å². The Morgan fingerprint density at radius 3 is 3.04 bits per heavy atom. The van der Waals surface area contributed by atoms with Gasteiger partial charge in [-0.3, -0.25) is 24.6 Å². The minimum absolute atomic E-state index is 0.0510.